The molecule has 0 saturated heterocycles. The molecule has 4 nitrogen and oxygen atoms in total. The third-order valence-electron chi connectivity index (χ3n) is 3.66. The van der Waals surface area contributed by atoms with Gasteiger partial charge in [-0.2, -0.15) is 0 Å². The van der Waals surface area contributed by atoms with Crippen molar-refractivity contribution in [2.24, 2.45) is 17.1 Å². The predicted octanol–water partition coefficient (Wildman–Crippen LogP) is 2.01. The van der Waals surface area contributed by atoms with Crippen molar-refractivity contribution < 1.29 is 9.90 Å². The van der Waals surface area contributed by atoms with Crippen molar-refractivity contribution in [2.45, 2.75) is 53.4 Å². The van der Waals surface area contributed by atoms with E-state index in [1.165, 1.54) is 0 Å². The van der Waals surface area contributed by atoms with E-state index in [-0.39, 0.29) is 17.9 Å². The zero-order chi connectivity index (χ0) is 14.9. The maximum Gasteiger partial charge on any atom is 0.222 e. The van der Waals surface area contributed by atoms with Crippen LogP contribution in [0.2, 0.25) is 0 Å². The monoisotopic (exact) mass is 272 g/mol. The minimum atomic E-state index is 0.0389. The van der Waals surface area contributed by atoms with Gasteiger partial charge in [-0.1, -0.05) is 27.7 Å². The van der Waals surface area contributed by atoms with E-state index < -0.39 is 0 Å². The van der Waals surface area contributed by atoms with Gasteiger partial charge in [-0.05, 0) is 37.1 Å². The van der Waals surface area contributed by atoms with Crippen LogP contribution in [0, 0.1) is 11.3 Å². The molecule has 0 saturated carbocycles. The Hall–Kier alpha value is -0.610. The summed E-state index contributed by atoms with van der Waals surface area (Å²) in [6.07, 6.45) is 3.33. The van der Waals surface area contributed by atoms with Crippen LogP contribution in [0.1, 0.15) is 53.4 Å². The fourth-order valence-electron chi connectivity index (χ4n) is 2.42. The summed E-state index contributed by atoms with van der Waals surface area (Å²) in [5, 5.41) is 8.99. The van der Waals surface area contributed by atoms with Gasteiger partial charge in [0.1, 0.15) is 0 Å². The smallest absolute Gasteiger partial charge is 0.222 e. The Morgan fingerprint density at radius 3 is 2.32 bits per heavy atom. The van der Waals surface area contributed by atoms with E-state index >= 15 is 0 Å². The summed E-state index contributed by atoms with van der Waals surface area (Å²) in [6.45, 7) is 10.5. The van der Waals surface area contributed by atoms with Gasteiger partial charge in [-0.25, -0.2) is 0 Å². The van der Waals surface area contributed by atoms with Gasteiger partial charge in [0.25, 0.3) is 0 Å². The third kappa shape index (κ3) is 7.53. The lowest BCUT2D eigenvalue weighted by atomic mass is 9.76. The molecule has 4 heteroatoms. The summed E-state index contributed by atoms with van der Waals surface area (Å²) < 4.78 is 0. The van der Waals surface area contributed by atoms with Crippen LogP contribution < -0.4 is 5.73 Å². The van der Waals surface area contributed by atoms with Gasteiger partial charge in [0.15, 0.2) is 0 Å². The minimum Gasteiger partial charge on any atom is -0.395 e. The Kier molecular flexibility index (Phi) is 9.02. The van der Waals surface area contributed by atoms with Crippen molar-refractivity contribution in [3.05, 3.63) is 0 Å². The van der Waals surface area contributed by atoms with E-state index in [2.05, 4.69) is 20.8 Å². The van der Waals surface area contributed by atoms with Crippen LogP contribution in [-0.4, -0.2) is 42.2 Å². The number of carbonyl (C=O) groups excluding carboxylic acids is 1. The van der Waals surface area contributed by atoms with E-state index in [4.69, 9.17) is 10.8 Å². The van der Waals surface area contributed by atoms with Gasteiger partial charge in [-0.3, -0.25) is 4.79 Å². The molecule has 1 atom stereocenters. The van der Waals surface area contributed by atoms with Crippen molar-refractivity contribution in [3.63, 3.8) is 0 Å². The molecule has 0 spiro atoms. The predicted molar refractivity (Wildman–Crippen MR) is 79.8 cm³/mol. The van der Waals surface area contributed by atoms with E-state index in [1.807, 2.05) is 6.92 Å². The van der Waals surface area contributed by atoms with Gasteiger partial charge < -0.3 is 15.7 Å². The second-order valence-electron chi connectivity index (χ2n) is 6.28. The second kappa shape index (κ2) is 9.32. The number of rotatable bonds is 9. The van der Waals surface area contributed by atoms with Crippen LogP contribution in [0.3, 0.4) is 0 Å². The molecular weight excluding hydrogens is 240 g/mol. The average Bonchev–Trinajstić information content (AvgIpc) is 2.32. The minimum absolute atomic E-state index is 0.0389. The fraction of sp³-hybridized carbons (Fsp3) is 0.933. The SMILES string of the molecule is CCCN(CCO)C(=O)CCC(CCN)C(C)(C)C. The quantitative estimate of drug-likeness (QED) is 0.675. The van der Waals surface area contributed by atoms with Gasteiger partial charge in [0.2, 0.25) is 5.91 Å². The van der Waals surface area contributed by atoms with Gasteiger partial charge in [-0.15, -0.1) is 0 Å². The second-order valence-corrected chi connectivity index (χ2v) is 6.28. The highest BCUT2D eigenvalue weighted by Gasteiger charge is 2.25. The lowest BCUT2D eigenvalue weighted by molar-refractivity contribution is -0.132. The third-order valence-corrected chi connectivity index (χ3v) is 3.66. The van der Waals surface area contributed by atoms with Crippen LogP contribution in [0.25, 0.3) is 0 Å². The Balaban J connectivity index is 4.36. The molecule has 0 aliphatic rings. The zero-order valence-electron chi connectivity index (χ0n) is 13.1. The van der Waals surface area contributed by atoms with Crippen LogP contribution >= 0.6 is 0 Å². The van der Waals surface area contributed by atoms with Gasteiger partial charge >= 0.3 is 0 Å². The highest BCUT2D eigenvalue weighted by atomic mass is 16.3. The van der Waals surface area contributed by atoms with E-state index in [0.29, 0.717) is 25.4 Å². The van der Waals surface area contributed by atoms with Crippen LogP contribution in [-0.2, 0) is 4.79 Å². The molecule has 0 heterocycles. The number of hydrogen-bond donors (Lipinski definition) is 2. The standard InChI is InChI=1S/C15H32N2O2/c1-5-10-17(11-12-18)14(19)7-6-13(8-9-16)15(2,3)4/h13,18H,5-12,16H2,1-4H3. The number of carbonyl (C=O) groups is 1. The topological polar surface area (TPSA) is 66.6 Å². The highest BCUT2D eigenvalue weighted by Crippen LogP contribution is 2.32. The molecule has 0 aromatic carbocycles. The molecule has 0 bridgehead atoms. The number of nitrogens with zero attached hydrogens (tertiary/aromatic N) is 1. The molecule has 0 rings (SSSR count). The summed E-state index contributed by atoms with van der Waals surface area (Å²) >= 11 is 0. The summed E-state index contributed by atoms with van der Waals surface area (Å²) in [7, 11) is 0. The van der Waals surface area contributed by atoms with Crippen LogP contribution in [0.5, 0.6) is 0 Å². The van der Waals surface area contributed by atoms with Crippen molar-refractivity contribution in [1.82, 2.24) is 4.90 Å². The number of amides is 1. The first-order chi connectivity index (χ1) is 8.86. The van der Waals surface area contributed by atoms with E-state index in [9.17, 15) is 4.79 Å². The van der Waals surface area contributed by atoms with Crippen LogP contribution in [0.15, 0.2) is 0 Å². The van der Waals surface area contributed by atoms with E-state index in [1.54, 1.807) is 4.90 Å². The summed E-state index contributed by atoms with van der Waals surface area (Å²) in [5.41, 5.74) is 5.85. The average molecular weight is 272 g/mol. The molecular formula is C15H32N2O2. The number of nitrogens with two attached hydrogens (primary N) is 1. The Labute approximate surface area is 118 Å². The van der Waals surface area contributed by atoms with Gasteiger partial charge in [0.05, 0.1) is 6.61 Å². The summed E-state index contributed by atoms with van der Waals surface area (Å²) in [4.78, 5) is 13.9. The first-order valence-corrected chi connectivity index (χ1v) is 7.45. The molecule has 1 unspecified atom stereocenters. The molecule has 0 fully saturated rings. The number of aliphatic hydroxyl groups excluding tert-OH is 1. The van der Waals surface area contributed by atoms with Crippen LogP contribution in [0.4, 0.5) is 0 Å². The maximum absolute atomic E-state index is 12.1. The molecule has 0 aliphatic heterocycles. The first kappa shape index (κ1) is 18.4. The zero-order valence-corrected chi connectivity index (χ0v) is 13.1. The first-order valence-electron chi connectivity index (χ1n) is 7.45. The van der Waals surface area contributed by atoms with Crippen molar-refractivity contribution in [2.75, 3.05) is 26.2 Å². The molecule has 0 radical (unpaired) electrons. The van der Waals surface area contributed by atoms with Crippen molar-refractivity contribution in [3.8, 4) is 0 Å². The Bertz CT molecular complexity index is 243. The Morgan fingerprint density at radius 2 is 1.89 bits per heavy atom. The summed E-state index contributed by atoms with van der Waals surface area (Å²) in [5.74, 6) is 0.626. The lowest BCUT2D eigenvalue weighted by Gasteiger charge is -2.31. The lowest BCUT2D eigenvalue weighted by Crippen LogP contribution is -2.35. The largest absolute Gasteiger partial charge is 0.395 e. The fourth-order valence-corrected chi connectivity index (χ4v) is 2.42. The molecule has 3 N–H and O–H groups in total. The molecule has 19 heavy (non-hydrogen) atoms. The van der Waals surface area contributed by atoms with Crippen molar-refractivity contribution >= 4 is 5.91 Å². The highest BCUT2D eigenvalue weighted by molar-refractivity contribution is 5.76. The van der Waals surface area contributed by atoms with E-state index in [0.717, 1.165) is 25.8 Å². The molecule has 114 valence electrons. The van der Waals surface area contributed by atoms with Gasteiger partial charge in [0, 0.05) is 19.5 Å². The molecule has 1 amide bonds. The molecule has 0 aliphatic carbocycles. The summed E-state index contributed by atoms with van der Waals surface area (Å²) in [6, 6.07) is 0. The molecule has 0 aromatic heterocycles. The number of hydrogen-bond acceptors (Lipinski definition) is 3. The Morgan fingerprint density at radius 1 is 1.26 bits per heavy atom. The van der Waals surface area contributed by atoms with Crippen molar-refractivity contribution in [1.29, 1.82) is 0 Å². The number of aliphatic hydroxyl groups is 1. The molecule has 0 aromatic rings. The normalized spacial score (nSPS) is 13.4. The maximum atomic E-state index is 12.1.